The van der Waals surface area contributed by atoms with E-state index in [0.717, 1.165) is 5.69 Å². The molecule has 0 saturated carbocycles. The van der Waals surface area contributed by atoms with Crippen molar-refractivity contribution in [2.75, 3.05) is 11.9 Å². The smallest absolute Gasteiger partial charge is 0.0763 e. The maximum atomic E-state index is 9.40. The molecule has 3 heteroatoms. The molecule has 1 rings (SSSR count). The van der Waals surface area contributed by atoms with E-state index in [2.05, 4.69) is 10.3 Å². The van der Waals surface area contributed by atoms with E-state index in [1.54, 1.807) is 26.2 Å². The van der Waals surface area contributed by atoms with Crippen LogP contribution < -0.4 is 5.32 Å². The number of hydrogen-bond acceptors (Lipinski definition) is 3. The molecular weight excluding hydrogens is 152 g/mol. The minimum atomic E-state index is -0.677. The summed E-state index contributed by atoms with van der Waals surface area (Å²) in [5.41, 5.74) is 0.302. The number of aromatic nitrogens is 1. The van der Waals surface area contributed by atoms with Crippen molar-refractivity contribution in [3.63, 3.8) is 0 Å². The normalized spacial score (nSPS) is 11.2. The molecule has 12 heavy (non-hydrogen) atoms. The molecule has 0 aliphatic rings. The molecule has 66 valence electrons. The van der Waals surface area contributed by atoms with Gasteiger partial charge in [0, 0.05) is 24.6 Å². The molecule has 1 aromatic rings. The number of anilines is 1. The fraction of sp³-hybridized carbons (Fsp3) is 0.444. The summed E-state index contributed by atoms with van der Waals surface area (Å²) in [4.78, 5) is 3.89. The Kier molecular flexibility index (Phi) is 2.65. The van der Waals surface area contributed by atoms with Crippen molar-refractivity contribution in [3.8, 4) is 0 Å². The van der Waals surface area contributed by atoms with Gasteiger partial charge in [0.15, 0.2) is 0 Å². The van der Waals surface area contributed by atoms with E-state index in [9.17, 15) is 5.11 Å². The molecule has 1 heterocycles. The van der Waals surface area contributed by atoms with Crippen molar-refractivity contribution in [2.24, 2.45) is 0 Å². The molecule has 1 aromatic heterocycles. The fourth-order valence-corrected chi connectivity index (χ4v) is 0.788. The third-order valence-electron chi connectivity index (χ3n) is 1.41. The Hall–Kier alpha value is -1.09. The highest BCUT2D eigenvalue weighted by molar-refractivity contribution is 5.40. The van der Waals surface area contributed by atoms with Crippen LogP contribution in [0, 0.1) is 0 Å². The van der Waals surface area contributed by atoms with Gasteiger partial charge in [-0.15, -0.1) is 0 Å². The fourth-order valence-electron chi connectivity index (χ4n) is 0.788. The van der Waals surface area contributed by atoms with Crippen LogP contribution in [0.2, 0.25) is 0 Å². The van der Waals surface area contributed by atoms with Crippen LogP contribution in [0.3, 0.4) is 0 Å². The van der Waals surface area contributed by atoms with E-state index in [1.165, 1.54) is 0 Å². The van der Waals surface area contributed by atoms with Gasteiger partial charge in [-0.2, -0.15) is 0 Å². The van der Waals surface area contributed by atoms with Gasteiger partial charge in [-0.05, 0) is 26.0 Å². The molecule has 0 saturated heterocycles. The summed E-state index contributed by atoms with van der Waals surface area (Å²) in [5.74, 6) is 0. The second-order valence-corrected chi connectivity index (χ2v) is 3.40. The van der Waals surface area contributed by atoms with E-state index in [-0.39, 0.29) is 0 Å². The largest absolute Gasteiger partial charge is 0.389 e. The van der Waals surface area contributed by atoms with Gasteiger partial charge in [0.25, 0.3) is 0 Å². The third-order valence-corrected chi connectivity index (χ3v) is 1.41. The second kappa shape index (κ2) is 3.54. The quantitative estimate of drug-likeness (QED) is 0.710. The Balaban J connectivity index is 2.44. The van der Waals surface area contributed by atoms with Crippen LogP contribution in [0.5, 0.6) is 0 Å². The summed E-state index contributed by atoms with van der Waals surface area (Å²) in [6, 6.07) is 3.73. The van der Waals surface area contributed by atoms with E-state index in [0.29, 0.717) is 6.54 Å². The molecule has 2 N–H and O–H groups in total. The van der Waals surface area contributed by atoms with Crippen LogP contribution in [0.15, 0.2) is 24.5 Å². The third kappa shape index (κ3) is 3.34. The zero-order valence-corrected chi connectivity index (χ0v) is 7.41. The maximum Gasteiger partial charge on any atom is 0.0763 e. The van der Waals surface area contributed by atoms with Gasteiger partial charge < -0.3 is 10.4 Å². The summed E-state index contributed by atoms with van der Waals surface area (Å²) >= 11 is 0. The zero-order valence-electron chi connectivity index (χ0n) is 7.41. The SMILES string of the molecule is CC(C)(O)CNc1ccncc1. The number of nitrogens with zero attached hydrogens (tertiary/aromatic N) is 1. The monoisotopic (exact) mass is 166 g/mol. The molecule has 0 atom stereocenters. The minimum absolute atomic E-state index is 0.539. The van der Waals surface area contributed by atoms with Gasteiger partial charge in [-0.3, -0.25) is 4.98 Å². The van der Waals surface area contributed by atoms with Crippen molar-refractivity contribution < 1.29 is 5.11 Å². The summed E-state index contributed by atoms with van der Waals surface area (Å²) in [7, 11) is 0. The molecule has 0 bridgehead atoms. The van der Waals surface area contributed by atoms with Crippen molar-refractivity contribution in [2.45, 2.75) is 19.4 Å². The van der Waals surface area contributed by atoms with Crippen LogP contribution >= 0.6 is 0 Å². The van der Waals surface area contributed by atoms with Crippen LogP contribution in [-0.4, -0.2) is 22.2 Å². The van der Waals surface area contributed by atoms with Crippen molar-refractivity contribution in [1.82, 2.24) is 4.98 Å². The number of nitrogens with one attached hydrogen (secondary N) is 1. The number of hydrogen-bond donors (Lipinski definition) is 2. The predicted octanol–water partition coefficient (Wildman–Crippen LogP) is 1.26. The lowest BCUT2D eigenvalue weighted by atomic mass is 10.1. The molecule has 0 fully saturated rings. The van der Waals surface area contributed by atoms with Crippen LogP contribution in [-0.2, 0) is 0 Å². The number of pyridine rings is 1. The average molecular weight is 166 g/mol. The molecule has 0 aliphatic carbocycles. The van der Waals surface area contributed by atoms with Crippen molar-refractivity contribution in [1.29, 1.82) is 0 Å². The van der Waals surface area contributed by atoms with Crippen LogP contribution in [0.1, 0.15) is 13.8 Å². The van der Waals surface area contributed by atoms with Crippen molar-refractivity contribution in [3.05, 3.63) is 24.5 Å². The molecule has 0 unspecified atom stereocenters. The summed E-state index contributed by atoms with van der Waals surface area (Å²) in [5, 5.41) is 12.5. The maximum absolute atomic E-state index is 9.40. The van der Waals surface area contributed by atoms with E-state index in [4.69, 9.17) is 0 Å². The van der Waals surface area contributed by atoms with Gasteiger partial charge in [-0.1, -0.05) is 0 Å². The van der Waals surface area contributed by atoms with E-state index in [1.807, 2.05) is 12.1 Å². The number of aliphatic hydroxyl groups is 1. The lowest BCUT2D eigenvalue weighted by molar-refractivity contribution is 0.0945. The van der Waals surface area contributed by atoms with E-state index >= 15 is 0 Å². The van der Waals surface area contributed by atoms with Crippen molar-refractivity contribution >= 4 is 5.69 Å². The zero-order chi connectivity index (χ0) is 9.03. The Bertz CT molecular complexity index is 228. The summed E-state index contributed by atoms with van der Waals surface area (Å²) < 4.78 is 0. The minimum Gasteiger partial charge on any atom is -0.389 e. The molecule has 0 aromatic carbocycles. The first-order valence-electron chi connectivity index (χ1n) is 3.94. The van der Waals surface area contributed by atoms with E-state index < -0.39 is 5.60 Å². The standard InChI is InChI=1S/C9H14N2O/c1-9(2,12)7-11-8-3-5-10-6-4-8/h3-6,12H,7H2,1-2H3,(H,10,11). The lowest BCUT2D eigenvalue weighted by Gasteiger charge is -2.18. The Labute approximate surface area is 72.5 Å². The predicted molar refractivity (Wildman–Crippen MR) is 49.0 cm³/mol. The molecular formula is C9H14N2O. The Morgan fingerprint density at radius 1 is 1.42 bits per heavy atom. The first-order chi connectivity index (χ1) is 5.58. The van der Waals surface area contributed by atoms with Gasteiger partial charge in [-0.25, -0.2) is 0 Å². The number of rotatable bonds is 3. The Morgan fingerprint density at radius 3 is 2.50 bits per heavy atom. The molecule has 0 amide bonds. The first kappa shape index (κ1) is 9.00. The molecule has 0 spiro atoms. The topological polar surface area (TPSA) is 45.1 Å². The highest BCUT2D eigenvalue weighted by atomic mass is 16.3. The van der Waals surface area contributed by atoms with Gasteiger partial charge >= 0.3 is 0 Å². The molecule has 0 aliphatic heterocycles. The highest BCUT2D eigenvalue weighted by Gasteiger charge is 2.10. The highest BCUT2D eigenvalue weighted by Crippen LogP contribution is 2.06. The van der Waals surface area contributed by atoms with Gasteiger partial charge in [0.05, 0.1) is 5.60 Å². The molecule has 3 nitrogen and oxygen atoms in total. The first-order valence-corrected chi connectivity index (χ1v) is 3.94. The molecule has 0 radical (unpaired) electrons. The average Bonchev–Trinajstić information content (AvgIpc) is 2.02. The van der Waals surface area contributed by atoms with Gasteiger partial charge in [0.2, 0.25) is 0 Å². The van der Waals surface area contributed by atoms with Gasteiger partial charge in [0.1, 0.15) is 0 Å². The summed E-state index contributed by atoms with van der Waals surface area (Å²) in [6.45, 7) is 4.07. The van der Waals surface area contributed by atoms with Crippen LogP contribution in [0.25, 0.3) is 0 Å². The second-order valence-electron chi connectivity index (χ2n) is 3.40. The summed E-state index contributed by atoms with van der Waals surface area (Å²) in [6.07, 6.45) is 3.43. The Morgan fingerprint density at radius 2 is 2.00 bits per heavy atom. The lowest BCUT2D eigenvalue weighted by Crippen LogP contribution is -2.29. The van der Waals surface area contributed by atoms with Crippen LogP contribution in [0.4, 0.5) is 5.69 Å².